The Morgan fingerprint density at radius 2 is 1.73 bits per heavy atom. The summed E-state index contributed by atoms with van der Waals surface area (Å²) in [5.41, 5.74) is -5.40. The molecule has 4 nitrogen and oxygen atoms in total. The van der Waals surface area contributed by atoms with Crippen molar-refractivity contribution >= 4 is 21.6 Å². The van der Waals surface area contributed by atoms with E-state index in [-0.39, 0.29) is 5.02 Å². The van der Waals surface area contributed by atoms with E-state index in [0.29, 0.717) is 4.68 Å². The number of rotatable bonds is 2. The first-order valence-corrected chi connectivity index (χ1v) is 5.25. The molecule has 1 heterocycles. The molecule has 0 fully saturated rings. The van der Waals surface area contributed by atoms with Crippen LogP contribution in [0.2, 0.25) is 5.02 Å². The van der Waals surface area contributed by atoms with Crippen LogP contribution in [-0.4, -0.2) is 13.9 Å². The number of hydrogen-bond acceptors (Lipinski definition) is 2. The van der Waals surface area contributed by atoms with Gasteiger partial charge in [-0.15, -0.1) is 0 Å². The van der Waals surface area contributed by atoms with Gasteiger partial charge in [0.1, 0.15) is 0 Å². The second-order valence-corrected chi connectivity index (χ2v) is 4.41. The lowest BCUT2D eigenvalue weighted by Gasteiger charge is -2.15. The van der Waals surface area contributed by atoms with Crippen LogP contribution >= 0.6 is 11.6 Å². The molecule has 15 heavy (non-hydrogen) atoms. The maximum atomic E-state index is 11.9. The highest BCUT2D eigenvalue weighted by Crippen LogP contribution is 2.26. The van der Waals surface area contributed by atoms with Crippen LogP contribution < -0.4 is 4.68 Å². The highest BCUT2D eigenvalue weighted by atomic mass is 35.5. The number of alkyl halides is 3. The van der Waals surface area contributed by atoms with Crippen molar-refractivity contribution in [1.82, 2.24) is 0 Å². The molecule has 0 N–H and O–H groups in total. The molecule has 0 aliphatic carbocycles. The van der Waals surface area contributed by atoms with Crippen LogP contribution in [0.25, 0.3) is 4.83 Å². The fraction of sp³-hybridized carbons (Fsp3) is 0.167. The minimum absolute atomic E-state index is 0.255. The van der Waals surface area contributed by atoms with E-state index in [9.17, 15) is 21.6 Å². The monoisotopic (exact) mass is 260 g/mol. The fourth-order valence-corrected chi connectivity index (χ4v) is 1.19. The molecule has 9 heteroatoms. The average Bonchev–Trinajstić information content (AvgIpc) is 2.06. The summed E-state index contributed by atoms with van der Waals surface area (Å²) in [6.07, 6.45) is 1.98. The van der Waals surface area contributed by atoms with Crippen LogP contribution in [-0.2, 0) is 10.0 Å². The summed E-state index contributed by atoms with van der Waals surface area (Å²) in [7, 11) is -5.52. The number of sulfonamides is 1. The summed E-state index contributed by atoms with van der Waals surface area (Å²) < 4.78 is 57.3. The lowest BCUT2D eigenvalue weighted by atomic mass is 10.5. The van der Waals surface area contributed by atoms with E-state index < -0.39 is 15.5 Å². The Morgan fingerprint density at radius 3 is 2.13 bits per heavy atom. The largest absolute Gasteiger partial charge is 0.487 e. The summed E-state index contributed by atoms with van der Waals surface area (Å²) in [5.74, 6) is 0. The summed E-state index contributed by atoms with van der Waals surface area (Å²) in [5, 5.41) is 0.255. The van der Waals surface area contributed by atoms with E-state index in [1.807, 2.05) is 0 Å². The van der Waals surface area contributed by atoms with Gasteiger partial charge in [0.2, 0.25) is 10.0 Å². The maximum Gasteiger partial charge on any atom is 0.487 e. The highest BCUT2D eigenvalue weighted by molar-refractivity contribution is 7.94. The molecule has 0 aliphatic heterocycles. The maximum absolute atomic E-state index is 11.9. The van der Waals surface area contributed by atoms with Gasteiger partial charge in [-0.2, -0.15) is 13.2 Å². The standard InChI is InChI=1S/C6H4ClF3N2O2S/c7-5-1-3-12(4-2-5)11-15(13,14)6(8,9)10/h1-4H. The van der Waals surface area contributed by atoms with Crippen molar-refractivity contribution in [2.24, 2.45) is 0 Å². The first kappa shape index (κ1) is 12.1. The molecule has 0 radical (unpaired) electrons. The van der Waals surface area contributed by atoms with Crippen molar-refractivity contribution in [1.29, 1.82) is 0 Å². The first-order chi connectivity index (χ1) is 6.72. The normalized spacial score (nSPS) is 12.5. The minimum atomic E-state index is -5.52. The molecule has 0 bridgehead atoms. The van der Waals surface area contributed by atoms with Gasteiger partial charge in [-0.1, -0.05) is 11.6 Å². The Morgan fingerprint density at radius 1 is 1.27 bits per heavy atom. The average molecular weight is 261 g/mol. The van der Waals surface area contributed by atoms with E-state index in [2.05, 4.69) is 4.83 Å². The number of aromatic nitrogens is 1. The molecule has 1 aromatic rings. The van der Waals surface area contributed by atoms with Crippen molar-refractivity contribution in [3.63, 3.8) is 0 Å². The van der Waals surface area contributed by atoms with Gasteiger partial charge in [0.15, 0.2) is 12.4 Å². The van der Waals surface area contributed by atoms with Gasteiger partial charge in [0.05, 0.1) is 5.02 Å². The molecule has 0 unspecified atom stereocenters. The van der Waals surface area contributed by atoms with Crippen LogP contribution in [0.3, 0.4) is 0 Å². The van der Waals surface area contributed by atoms with Crippen LogP contribution in [0, 0.1) is 0 Å². The van der Waals surface area contributed by atoms with E-state index in [0.717, 1.165) is 12.4 Å². The molecule has 84 valence electrons. The summed E-state index contributed by atoms with van der Waals surface area (Å²) in [4.78, 5) is 2.51. The number of pyridine rings is 1. The van der Waals surface area contributed by atoms with Gasteiger partial charge in [-0.3, -0.25) is 0 Å². The third kappa shape index (κ3) is 2.96. The molecule has 1 aromatic heterocycles. The zero-order valence-electron chi connectivity index (χ0n) is 6.94. The molecule has 1 rings (SSSR count). The van der Waals surface area contributed by atoms with Gasteiger partial charge < -0.3 is 4.83 Å². The van der Waals surface area contributed by atoms with Gasteiger partial charge in [0.25, 0.3) is 0 Å². The molecule has 0 saturated heterocycles. The van der Waals surface area contributed by atoms with Gasteiger partial charge in [0, 0.05) is 12.1 Å². The summed E-state index contributed by atoms with van der Waals surface area (Å²) in [6.45, 7) is 0. The number of nitrogens with zero attached hydrogens (tertiary/aromatic N) is 2. The Bertz CT molecular complexity index is 442. The molecule has 0 aliphatic rings. The molecule has 0 amide bonds. The predicted molar refractivity (Wildman–Crippen MR) is 45.4 cm³/mol. The zero-order chi connectivity index (χ0) is 11.7. The predicted octanol–water partition coefficient (Wildman–Crippen LogP) is 1.61. The second-order valence-electron chi connectivity index (χ2n) is 2.40. The third-order valence-corrected chi connectivity index (χ3v) is 2.51. The summed E-state index contributed by atoms with van der Waals surface area (Å²) >= 11 is 5.45. The van der Waals surface area contributed by atoms with E-state index in [1.165, 1.54) is 12.1 Å². The Hall–Kier alpha value is -1.02. The van der Waals surface area contributed by atoms with Gasteiger partial charge in [-0.25, -0.2) is 13.1 Å². The molecule has 0 saturated carbocycles. The molecule has 0 spiro atoms. The smallest absolute Gasteiger partial charge is 0.315 e. The van der Waals surface area contributed by atoms with Crippen molar-refractivity contribution in [3.8, 4) is 0 Å². The number of hydrogen-bond donors (Lipinski definition) is 0. The van der Waals surface area contributed by atoms with Crippen molar-refractivity contribution in [2.75, 3.05) is 0 Å². The van der Waals surface area contributed by atoms with Crippen molar-refractivity contribution in [2.45, 2.75) is 5.51 Å². The van der Waals surface area contributed by atoms with E-state index in [4.69, 9.17) is 11.6 Å². The summed E-state index contributed by atoms with van der Waals surface area (Å²) in [6, 6.07) is 2.41. The Balaban J connectivity index is 2.93. The van der Waals surface area contributed by atoms with Gasteiger partial charge >= 0.3 is 5.51 Å². The highest BCUT2D eigenvalue weighted by Gasteiger charge is 2.41. The topological polar surface area (TPSA) is 52.1 Å². The molecule has 0 atom stereocenters. The van der Waals surface area contributed by atoms with Gasteiger partial charge in [-0.05, 0) is 0 Å². The van der Waals surface area contributed by atoms with Crippen LogP contribution in [0.4, 0.5) is 13.2 Å². The Kier molecular flexibility index (Phi) is 3.10. The van der Waals surface area contributed by atoms with E-state index >= 15 is 0 Å². The molecular formula is C6H4ClF3N2O2S. The fourth-order valence-electron chi connectivity index (χ4n) is 0.625. The SMILES string of the molecule is O=S(=O)([N-][n+]1ccc(Cl)cc1)C(F)(F)F. The van der Waals surface area contributed by atoms with Crippen LogP contribution in [0.15, 0.2) is 24.5 Å². The first-order valence-electron chi connectivity index (χ1n) is 3.44. The van der Waals surface area contributed by atoms with Crippen molar-refractivity contribution in [3.05, 3.63) is 34.4 Å². The molecule has 0 aromatic carbocycles. The molecular weight excluding hydrogens is 257 g/mol. The quantitative estimate of drug-likeness (QED) is 0.759. The lowest BCUT2D eigenvalue weighted by Crippen LogP contribution is -2.36. The second kappa shape index (κ2) is 3.86. The Labute approximate surface area is 88.3 Å². The zero-order valence-corrected chi connectivity index (χ0v) is 8.51. The minimum Gasteiger partial charge on any atom is -0.315 e. The van der Waals surface area contributed by atoms with Crippen LogP contribution in [0.1, 0.15) is 0 Å². The third-order valence-electron chi connectivity index (χ3n) is 1.27. The van der Waals surface area contributed by atoms with Crippen LogP contribution in [0.5, 0.6) is 0 Å². The number of halogens is 4. The lowest BCUT2D eigenvalue weighted by molar-refractivity contribution is -0.614. The van der Waals surface area contributed by atoms with Crippen molar-refractivity contribution < 1.29 is 26.3 Å². The van der Waals surface area contributed by atoms with E-state index in [1.54, 1.807) is 0 Å².